The zero-order valence-corrected chi connectivity index (χ0v) is 18.3. The van der Waals surface area contributed by atoms with Crippen molar-refractivity contribution in [3.63, 3.8) is 0 Å². The van der Waals surface area contributed by atoms with Crippen LogP contribution in [0.25, 0.3) is 0 Å². The Labute approximate surface area is 183 Å². The van der Waals surface area contributed by atoms with Crippen LogP contribution >= 0.6 is 0 Å². The molecule has 1 saturated carbocycles. The van der Waals surface area contributed by atoms with Crippen molar-refractivity contribution in [2.45, 2.75) is 55.8 Å². The van der Waals surface area contributed by atoms with Crippen LogP contribution in [0.5, 0.6) is 0 Å². The van der Waals surface area contributed by atoms with Crippen LogP contribution in [0, 0.1) is 0 Å². The number of nitrogens with one attached hydrogen (secondary N) is 2. The summed E-state index contributed by atoms with van der Waals surface area (Å²) in [5, 5.41) is 12.5. The largest absolute Gasteiger partial charge is 0.393 e. The topological polar surface area (TPSA) is 98.7 Å². The third kappa shape index (κ3) is 6.13. The van der Waals surface area contributed by atoms with Gasteiger partial charge in [-0.2, -0.15) is 0 Å². The normalized spacial score (nSPS) is 18.1. The SMILES string of the molecule is O=C(NCc1ccc(CN2CCC(O)CC2)cc1)c1cccc(S(=O)(=O)NC2CC2)c1. The Morgan fingerprint density at radius 1 is 1.00 bits per heavy atom. The first-order valence-electron chi connectivity index (χ1n) is 10.8. The Hall–Kier alpha value is -2.26. The predicted molar refractivity (Wildman–Crippen MR) is 118 cm³/mol. The molecule has 0 spiro atoms. The van der Waals surface area contributed by atoms with Crippen molar-refractivity contribution in [1.82, 2.24) is 14.9 Å². The number of aliphatic hydroxyl groups is 1. The number of hydrogen-bond acceptors (Lipinski definition) is 5. The lowest BCUT2D eigenvalue weighted by Crippen LogP contribution is -2.35. The monoisotopic (exact) mass is 443 g/mol. The van der Waals surface area contributed by atoms with Gasteiger partial charge in [0.25, 0.3) is 5.91 Å². The molecule has 8 heteroatoms. The summed E-state index contributed by atoms with van der Waals surface area (Å²) >= 11 is 0. The highest BCUT2D eigenvalue weighted by molar-refractivity contribution is 7.89. The number of amides is 1. The van der Waals surface area contributed by atoms with Gasteiger partial charge in [-0.15, -0.1) is 0 Å². The van der Waals surface area contributed by atoms with Gasteiger partial charge in [-0.3, -0.25) is 9.69 Å². The molecule has 2 aromatic carbocycles. The molecule has 1 saturated heterocycles. The fraction of sp³-hybridized carbons (Fsp3) is 0.435. The van der Waals surface area contributed by atoms with Crippen molar-refractivity contribution in [3.05, 3.63) is 65.2 Å². The summed E-state index contributed by atoms with van der Waals surface area (Å²) in [6.07, 6.45) is 3.20. The van der Waals surface area contributed by atoms with E-state index in [2.05, 4.69) is 27.1 Å². The fourth-order valence-corrected chi connectivity index (χ4v) is 5.03. The molecular weight excluding hydrogens is 414 g/mol. The quantitative estimate of drug-likeness (QED) is 0.580. The molecule has 7 nitrogen and oxygen atoms in total. The molecule has 0 aromatic heterocycles. The number of likely N-dealkylation sites (tertiary alicyclic amines) is 1. The lowest BCUT2D eigenvalue weighted by atomic mass is 10.1. The zero-order chi connectivity index (χ0) is 21.8. The standard InChI is InChI=1S/C23H29N3O4S/c27-21-10-12-26(13-11-21)16-18-6-4-17(5-7-18)15-24-23(28)19-2-1-3-22(14-19)31(29,30)25-20-8-9-20/h1-7,14,20-21,25,27H,8-13,15-16H2,(H,24,28). The molecule has 2 aromatic rings. The molecule has 2 fully saturated rings. The second kappa shape index (κ2) is 9.48. The summed E-state index contributed by atoms with van der Waals surface area (Å²) in [6.45, 7) is 3.04. The lowest BCUT2D eigenvalue weighted by molar-refractivity contribution is 0.0792. The molecule has 2 aliphatic rings. The number of hydrogen-bond donors (Lipinski definition) is 3. The fourth-order valence-electron chi connectivity index (χ4n) is 3.68. The number of carbonyl (C=O) groups excluding carboxylic acids is 1. The van der Waals surface area contributed by atoms with Gasteiger partial charge in [0.15, 0.2) is 0 Å². The van der Waals surface area contributed by atoms with Gasteiger partial charge in [0, 0.05) is 37.8 Å². The highest BCUT2D eigenvalue weighted by atomic mass is 32.2. The third-order valence-electron chi connectivity index (χ3n) is 5.75. The van der Waals surface area contributed by atoms with Gasteiger partial charge in [0.1, 0.15) is 0 Å². The van der Waals surface area contributed by atoms with Gasteiger partial charge in [-0.05, 0) is 55.0 Å². The minimum atomic E-state index is -3.59. The third-order valence-corrected chi connectivity index (χ3v) is 7.26. The highest BCUT2D eigenvalue weighted by Gasteiger charge is 2.28. The van der Waals surface area contributed by atoms with E-state index in [1.165, 1.54) is 17.7 Å². The Morgan fingerprint density at radius 3 is 2.35 bits per heavy atom. The molecule has 166 valence electrons. The van der Waals surface area contributed by atoms with Crippen LogP contribution < -0.4 is 10.0 Å². The molecular formula is C23H29N3O4S. The van der Waals surface area contributed by atoms with Crippen molar-refractivity contribution >= 4 is 15.9 Å². The number of sulfonamides is 1. The minimum absolute atomic E-state index is 0.0203. The molecule has 0 unspecified atom stereocenters. The molecule has 4 rings (SSSR count). The summed E-state index contributed by atoms with van der Waals surface area (Å²) in [6, 6.07) is 14.2. The van der Waals surface area contributed by atoms with Gasteiger partial charge in [-0.25, -0.2) is 13.1 Å². The number of nitrogens with zero attached hydrogens (tertiary/aromatic N) is 1. The average Bonchev–Trinajstić information content (AvgIpc) is 3.58. The van der Waals surface area contributed by atoms with E-state index in [9.17, 15) is 18.3 Å². The number of benzene rings is 2. The molecule has 1 amide bonds. The Morgan fingerprint density at radius 2 is 1.68 bits per heavy atom. The minimum Gasteiger partial charge on any atom is -0.393 e. The summed E-state index contributed by atoms with van der Waals surface area (Å²) in [5.74, 6) is -0.306. The summed E-state index contributed by atoms with van der Waals surface area (Å²) in [7, 11) is -3.59. The second-order valence-corrected chi connectivity index (χ2v) is 10.1. The first-order valence-corrected chi connectivity index (χ1v) is 12.3. The maximum Gasteiger partial charge on any atom is 0.251 e. The number of rotatable bonds is 8. The Kier molecular flexibility index (Phi) is 6.71. The van der Waals surface area contributed by atoms with E-state index in [4.69, 9.17) is 0 Å². The van der Waals surface area contributed by atoms with E-state index in [0.29, 0.717) is 12.1 Å². The van der Waals surface area contributed by atoms with Crippen molar-refractivity contribution in [2.24, 2.45) is 0 Å². The van der Waals surface area contributed by atoms with Crippen LogP contribution in [-0.2, 0) is 23.1 Å². The van der Waals surface area contributed by atoms with Crippen molar-refractivity contribution in [2.75, 3.05) is 13.1 Å². The molecule has 1 heterocycles. The first-order chi connectivity index (χ1) is 14.9. The Bertz CT molecular complexity index is 1010. The lowest BCUT2D eigenvalue weighted by Gasteiger charge is -2.29. The predicted octanol–water partition coefficient (Wildman–Crippen LogP) is 2.01. The maximum absolute atomic E-state index is 12.5. The molecule has 0 radical (unpaired) electrons. The van der Waals surface area contributed by atoms with Crippen LogP contribution in [0.1, 0.15) is 47.2 Å². The van der Waals surface area contributed by atoms with Crippen LogP contribution in [-0.4, -0.2) is 49.6 Å². The van der Waals surface area contributed by atoms with E-state index in [-0.39, 0.29) is 22.9 Å². The van der Waals surface area contributed by atoms with Gasteiger partial charge in [0.05, 0.1) is 11.0 Å². The van der Waals surface area contributed by atoms with Crippen LogP contribution in [0.4, 0.5) is 0 Å². The summed E-state index contributed by atoms with van der Waals surface area (Å²) < 4.78 is 27.4. The maximum atomic E-state index is 12.5. The highest BCUT2D eigenvalue weighted by Crippen LogP contribution is 2.22. The van der Waals surface area contributed by atoms with Gasteiger partial charge in [-0.1, -0.05) is 30.3 Å². The molecule has 3 N–H and O–H groups in total. The van der Waals surface area contributed by atoms with Crippen molar-refractivity contribution < 1.29 is 18.3 Å². The van der Waals surface area contributed by atoms with Crippen LogP contribution in [0.15, 0.2) is 53.4 Å². The number of aliphatic hydroxyl groups excluding tert-OH is 1. The van der Waals surface area contributed by atoms with Crippen molar-refractivity contribution in [3.8, 4) is 0 Å². The molecule has 0 atom stereocenters. The molecule has 1 aliphatic heterocycles. The van der Waals surface area contributed by atoms with Crippen molar-refractivity contribution in [1.29, 1.82) is 0 Å². The first kappa shape index (κ1) is 22.0. The summed E-state index contributed by atoms with van der Waals surface area (Å²) in [5.41, 5.74) is 2.50. The van der Waals surface area contributed by atoms with Gasteiger partial charge in [0.2, 0.25) is 10.0 Å². The summed E-state index contributed by atoms with van der Waals surface area (Å²) in [4.78, 5) is 15.0. The van der Waals surface area contributed by atoms with E-state index >= 15 is 0 Å². The van der Waals surface area contributed by atoms with E-state index in [0.717, 1.165) is 50.9 Å². The zero-order valence-electron chi connectivity index (χ0n) is 17.5. The number of carbonyl (C=O) groups is 1. The Balaban J connectivity index is 1.31. The molecule has 1 aliphatic carbocycles. The molecule has 0 bridgehead atoms. The second-order valence-electron chi connectivity index (χ2n) is 8.43. The van der Waals surface area contributed by atoms with Gasteiger partial charge >= 0.3 is 0 Å². The van der Waals surface area contributed by atoms with E-state index < -0.39 is 10.0 Å². The number of piperidine rings is 1. The average molecular weight is 444 g/mol. The van der Waals surface area contributed by atoms with E-state index in [1.54, 1.807) is 12.1 Å². The van der Waals surface area contributed by atoms with Crippen LogP contribution in [0.3, 0.4) is 0 Å². The van der Waals surface area contributed by atoms with Crippen LogP contribution in [0.2, 0.25) is 0 Å². The smallest absolute Gasteiger partial charge is 0.251 e. The van der Waals surface area contributed by atoms with E-state index in [1.807, 2.05) is 12.1 Å². The van der Waals surface area contributed by atoms with Gasteiger partial charge < -0.3 is 10.4 Å². The molecule has 31 heavy (non-hydrogen) atoms.